The number of nitrogens with zero attached hydrogens (tertiary/aromatic N) is 3. The molecule has 0 saturated heterocycles. The lowest BCUT2D eigenvalue weighted by molar-refractivity contribution is 0.102. The van der Waals surface area contributed by atoms with Crippen LogP contribution in [0, 0.1) is 11.6 Å². The summed E-state index contributed by atoms with van der Waals surface area (Å²) in [7, 11) is -1.55. The molecule has 0 spiro atoms. The van der Waals surface area contributed by atoms with Crippen molar-refractivity contribution in [2.45, 2.75) is 0 Å². The number of benzene rings is 1. The van der Waals surface area contributed by atoms with E-state index >= 15 is 0 Å². The van der Waals surface area contributed by atoms with Crippen LogP contribution in [0.15, 0.2) is 23.8 Å². The van der Waals surface area contributed by atoms with Crippen molar-refractivity contribution >= 4 is 54.9 Å². The number of fused-ring (bicyclic) bond motifs is 1. The van der Waals surface area contributed by atoms with Crippen molar-refractivity contribution in [1.82, 2.24) is 14.3 Å². The van der Waals surface area contributed by atoms with Crippen LogP contribution < -0.4 is 15.8 Å². The van der Waals surface area contributed by atoms with Gasteiger partial charge in [-0.3, -0.25) is 9.52 Å². The van der Waals surface area contributed by atoms with Crippen LogP contribution in [0.4, 0.5) is 26.0 Å². The monoisotopic (exact) mass is 428 g/mol. The van der Waals surface area contributed by atoms with E-state index in [4.69, 9.17) is 5.73 Å². The summed E-state index contributed by atoms with van der Waals surface area (Å²) in [5.41, 5.74) is 4.67. The lowest BCUT2D eigenvalue weighted by Gasteiger charge is -2.15. The molecular formula is C15H14F2N6O3S2. The van der Waals surface area contributed by atoms with E-state index in [1.54, 1.807) is 0 Å². The number of rotatable bonds is 5. The predicted octanol–water partition coefficient (Wildman–Crippen LogP) is 2.02. The molecule has 0 saturated carbocycles. The number of carbonyl (C=O) groups is 1. The fourth-order valence-corrected chi connectivity index (χ4v) is 3.71. The second kappa shape index (κ2) is 7.26. The zero-order chi connectivity index (χ0) is 20.6. The largest absolute Gasteiger partial charge is 0.382 e. The predicted molar refractivity (Wildman–Crippen MR) is 102 cm³/mol. The molecule has 0 radical (unpaired) electrons. The fourth-order valence-electron chi connectivity index (χ4n) is 2.19. The van der Waals surface area contributed by atoms with Gasteiger partial charge in [-0.15, -0.1) is 11.3 Å². The normalized spacial score (nSPS) is 11.8. The highest BCUT2D eigenvalue weighted by atomic mass is 32.2. The van der Waals surface area contributed by atoms with Crippen molar-refractivity contribution in [3.05, 3.63) is 41.0 Å². The van der Waals surface area contributed by atoms with Gasteiger partial charge < -0.3 is 11.1 Å². The summed E-state index contributed by atoms with van der Waals surface area (Å²) in [4.78, 5) is 20.3. The Labute approximate surface area is 162 Å². The Bertz CT molecular complexity index is 1180. The highest BCUT2D eigenvalue weighted by Gasteiger charge is 2.23. The maximum atomic E-state index is 14.7. The molecule has 3 rings (SSSR count). The molecule has 28 heavy (non-hydrogen) atoms. The third-order valence-corrected chi connectivity index (χ3v) is 6.11. The van der Waals surface area contributed by atoms with Crippen LogP contribution >= 0.6 is 11.3 Å². The van der Waals surface area contributed by atoms with Crippen LogP contribution in [0.2, 0.25) is 0 Å². The number of aromatic nitrogens is 2. The van der Waals surface area contributed by atoms with Crippen molar-refractivity contribution in [3.63, 3.8) is 0 Å². The third kappa shape index (κ3) is 3.58. The topological polar surface area (TPSA) is 130 Å². The van der Waals surface area contributed by atoms with E-state index in [0.29, 0.717) is 4.70 Å². The number of halogens is 2. The Morgan fingerprint density at radius 1 is 1.25 bits per heavy atom. The van der Waals surface area contributed by atoms with Gasteiger partial charge in [0.2, 0.25) is 0 Å². The molecular weight excluding hydrogens is 414 g/mol. The van der Waals surface area contributed by atoms with Gasteiger partial charge in [0.25, 0.3) is 5.91 Å². The average molecular weight is 428 g/mol. The Kier molecular flexibility index (Phi) is 5.14. The van der Waals surface area contributed by atoms with E-state index in [2.05, 4.69) is 15.3 Å². The summed E-state index contributed by atoms with van der Waals surface area (Å²) in [6, 6.07) is 1.74. The van der Waals surface area contributed by atoms with Gasteiger partial charge in [0.15, 0.2) is 5.82 Å². The minimum absolute atomic E-state index is 0.0483. The molecule has 0 aliphatic heterocycles. The van der Waals surface area contributed by atoms with Crippen molar-refractivity contribution < 1.29 is 22.0 Å². The molecule has 4 N–H and O–H groups in total. The summed E-state index contributed by atoms with van der Waals surface area (Å²) < 4.78 is 55.8. The first kappa shape index (κ1) is 19.9. The molecule has 148 valence electrons. The number of nitrogen functional groups attached to an aromatic ring is 1. The number of anilines is 3. The number of nitrogens with two attached hydrogens (primary N) is 1. The lowest BCUT2D eigenvalue weighted by atomic mass is 10.2. The second-order valence-electron chi connectivity index (χ2n) is 5.71. The van der Waals surface area contributed by atoms with Gasteiger partial charge in [-0.05, 0) is 12.1 Å². The van der Waals surface area contributed by atoms with E-state index in [0.717, 1.165) is 27.8 Å². The van der Waals surface area contributed by atoms with E-state index in [-0.39, 0.29) is 16.9 Å². The second-order valence-corrected chi connectivity index (χ2v) is 8.48. The summed E-state index contributed by atoms with van der Waals surface area (Å²) in [5.74, 6) is -3.01. The first-order chi connectivity index (χ1) is 13.1. The number of thiophene rings is 1. The number of nitrogens with one attached hydrogen (secondary N) is 2. The molecule has 0 aliphatic carbocycles. The number of amides is 1. The van der Waals surface area contributed by atoms with Crippen LogP contribution in [0.25, 0.3) is 10.2 Å². The van der Waals surface area contributed by atoms with E-state index in [1.165, 1.54) is 25.8 Å². The molecule has 0 bridgehead atoms. The fraction of sp³-hybridized carbons (Fsp3) is 0.133. The quantitative estimate of drug-likeness (QED) is 0.570. The minimum atomic E-state index is -4.03. The SMILES string of the molecule is CN(C)S(=O)(=O)Nc1ccc(F)c(NC(=O)c2csc3c(N)ncnc23)c1F. The van der Waals surface area contributed by atoms with Crippen LogP contribution in [0.5, 0.6) is 0 Å². The lowest BCUT2D eigenvalue weighted by Crippen LogP contribution is -2.29. The molecule has 0 atom stereocenters. The van der Waals surface area contributed by atoms with Gasteiger partial charge in [0, 0.05) is 19.5 Å². The summed E-state index contributed by atoms with van der Waals surface area (Å²) in [5, 5.41) is 3.55. The molecule has 1 aromatic carbocycles. The summed E-state index contributed by atoms with van der Waals surface area (Å²) in [6.07, 6.45) is 1.17. The van der Waals surface area contributed by atoms with Crippen LogP contribution in [-0.4, -0.2) is 42.7 Å². The minimum Gasteiger partial charge on any atom is -0.382 e. The zero-order valence-corrected chi connectivity index (χ0v) is 16.2. The Hall–Kier alpha value is -2.90. The van der Waals surface area contributed by atoms with Crippen LogP contribution in [-0.2, 0) is 10.2 Å². The molecule has 0 unspecified atom stereocenters. The maximum Gasteiger partial charge on any atom is 0.301 e. The Morgan fingerprint density at radius 3 is 2.64 bits per heavy atom. The van der Waals surface area contributed by atoms with E-state index < -0.39 is 39.1 Å². The van der Waals surface area contributed by atoms with Gasteiger partial charge in [-0.2, -0.15) is 12.7 Å². The van der Waals surface area contributed by atoms with Crippen LogP contribution in [0.3, 0.4) is 0 Å². The zero-order valence-electron chi connectivity index (χ0n) is 14.5. The highest BCUT2D eigenvalue weighted by molar-refractivity contribution is 7.90. The van der Waals surface area contributed by atoms with E-state index in [1.807, 2.05) is 4.72 Å². The number of hydrogen-bond donors (Lipinski definition) is 3. The highest BCUT2D eigenvalue weighted by Crippen LogP contribution is 2.30. The number of carbonyl (C=O) groups excluding carboxylic acids is 1. The van der Waals surface area contributed by atoms with Gasteiger partial charge in [0.05, 0.1) is 21.5 Å². The molecule has 1 amide bonds. The van der Waals surface area contributed by atoms with Crippen LogP contribution in [0.1, 0.15) is 10.4 Å². The standard InChI is InChI=1S/C15H14F2N6O3S2/c1-23(2)28(25,26)22-9-4-3-8(16)12(10(9)17)21-15(24)7-5-27-13-11(7)19-6-20-14(13)18/h3-6,22H,1-2H3,(H,21,24)(H2,18,19,20). The first-order valence-electron chi connectivity index (χ1n) is 7.59. The van der Waals surface area contributed by atoms with Gasteiger partial charge in [0.1, 0.15) is 23.6 Å². The maximum absolute atomic E-state index is 14.7. The summed E-state index contributed by atoms with van der Waals surface area (Å²) >= 11 is 1.11. The van der Waals surface area contributed by atoms with Crippen molar-refractivity contribution in [2.75, 3.05) is 29.9 Å². The van der Waals surface area contributed by atoms with Crippen molar-refractivity contribution in [1.29, 1.82) is 0 Å². The Balaban J connectivity index is 1.96. The Morgan fingerprint density at radius 2 is 1.96 bits per heavy atom. The third-order valence-electron chi connectivity index (χ3n) is 3.68. The van der Waals surface area contributed by atoms with Crippen molar-refractivity contribution in [2.24, 2.45) is 0 Å². The van der Waals surface area contributed by atoms with Gasteiger partial charge in [-0.1, -0.05) is 0 Å². The molecule has 2 heterocycles. The first-order valence-corrected chi connectivity index (χ1v) is 9.91. The smallest absolute Gasteiger partial charge is 0.301 e. The molecule has 13 heteroatoms. The number of hydrogen-bond acceptors (Lipinski definition) is 7. The molecule has 0 fully saturated rings. The molecule has 9 nitrogen and oxygen atoms in total. The summed E-state index contributed by atoms with van der Waals surface area (Å²) in [6.45, 7) is 0. The van der Waals surface area contributed by atoms with Crippen molar-refractivity contribution in [3.8, 4) is 0 Å². The molecule has 2 aromatic heterocycles. The molecule has 0 aliphatic rings. The van der Waals surface area contributed by atoms with Gasteiger partial charge >= 0.3 is 10.2 Å². The average Bonchev–Trinajstić information content (AvgIpc) is 3.06. The molecule has 3 aromatic rings. The van der Waals surface area contributed by atoms with E-state index in [9.17, 15) is 22.0 Å². The van der Waals surface area contributed by atoms with Gasteiger partial charge in [-0.25, -0.2) is 18.7 Å².